The molecule has 3 rings (SSSR count). The van der Waals surface area contributed by atoms with Crippen LogP contribution in [-0.2, 0) is 33.2 Å². The summed E-state index contributed by atoms with van der Waals surface area (Å²) in [7, 11) is 0. The fourth-order valence-electron chi connectivity index (χ4n) is 3.96. The zero-order valence-electron chi connectivity index (χ0n) is 21.2. The number of hydrogen-bond donors (Lipinski definition) is 5. The van der Waals surface area contributed by atoms with Crippen molar-refractivity contribution in [3.8, 4) is 0 Å². The van der Waals surface area contributed by atoms with E-state index in [1.165, 1.54) is 6.21 Å². The Hall–Kier alpha value is -1.99. The lowest BCUT2D eigenvalue weighted by molar-refractivity contribution is -0.315. The van der Waals surface area contributed by atoms with Crippen molar-refractivity contribution in [2.45, 2.75) is 56.1 Å². The first kappa shape index (κ1) is 30.6. The molecule has 0 aromatic carbocycles. The number of aliphatic hydroxyl groups excluding tert-OH is 5. The Morgan fingerprint density at radius 1 is 1.00 bits per heavy atom. The van der Waals surface area contributed by atoms with Gasteiger partial charge >= 0.3 is 5.97 Å². The Morgan fingerprint density at radius 2 is 1.58 bits per heavy atom. The van der Waals surface area contributed by atoms with Crippen LogP contribution in [0.4, 0.5) is 0 Å². The van der Waals surface area contributed by atoms with Gasteiger partial charge in [-0.25, -0.2) is 0 Å². The maximum Gasteiger partial charge on any atom is 0.303 e. The van der Waals surface area contributed by atoms with E-state index in [4.69, 9.17) is 28.4 Å². The first-order valence-electron chi connectivity index (χ1n) is 12.5. The fraction of sp³-hybridized carbons (Fsp3) is 0.864. The molecule has 0 saturated carbocycles. The van der Waals surface area contributed by atoms with Crippen molar-refractivity contribution in [3.05, 3.63) is 0 Å². The zero-order valence-corrected chi connectivity index (χ0v) is 21.2. The number of ether oxygens (including phenoxy) is 6. The summed E-state index contributed by atoms with van der Waals surface area (Å²) in [4.78, 5) is 11.5. The van der Waals surface area contributed by atoms with Gasteiger partial charge in [0, 0.05) is 6.92 Å². The van der Waals surface area contributed by atoms with E-state index in [0.29, 0.717) is 52.6 Å². The third-order valence-electron chi connectivity index (χ3n) is 5.99. The van der Waals surface area contributed by atoms with Crippen LogP contribution in [0.1, 0.15) is 6.92 Å². The molecule has 8 atom stereocenters. The quantitative estimate of drug-likeness (QED) is 0.0895. The van der Waals surface area contributed by atoms with Gasteiger partial charge in [0.15, 0.2) is 18.7 Å². The van der Waals surface area contributed by atoms with Crippen LogP contribution < -0.4 is 0 Å². The average molecular weight is 551 g/mol. The van der Waals surface area contributed by atoms with Crippen LogP contribution >= 0.6 is 0 Å². The third kappa shape index (κ3) is 9.04. The molecule has 0 unspecified atom stereocenters. The number of rotatable bonds is 12. The maximum absolute atomic E-state index is 11.5. The van der Waals surface area contributed by atoms with Crippen LogP contribution in [0.2, 0.25) is 0 Å². The Kier molecular flexibility index (Phi) is 12.5. The summed E-state index contributed by atoms with van der Waals surface area (Å²) in [6.45, 7) is 3.83. The summed E-state index contributed by atoms with van der Waals surface area (Å²) in [6.07, 6.45) is -8.91. The minimum atomic E-state index is -1.66. The molecule has 3 aliphatic rings. The molecule has 38 heavy (non-hydrogen) atoms. The van der Waals surface area contributed by atoms with Crippen LogP contribution in [0.5, 0.6) is 0 Å². The molecule has 0 aromatic heterocycles. The van der Waals surface area contributed by atoms with E-state index in [-0.39, 0.29) is 0 Å². The van der Waals surface area contributed by atoms with Gasteiger partial charge in [-0.15, -0.1) is 0 Å². The Labute approximate surface area is 219 Å². The average Bonchev–Trinajstić information content (AvgIpc) is 2.93. The van der Waals surface area contributed by atoms with Crippen molar-refractivity contribution >= 4 is 18.4 Å². The lowest BCUT2D eigenvalue weighted by Crippen LogP contribution is -2.61. The first-order chi connectivity index (χ1) is 18.3. The van der Waals surface area contributed by atoms with E-state index < -0.39 is 68.4 Å². The molecule has 0 amide bonds. The molecule has 0 aromatic rings. The monoisotopic (exact) mass is 550 g/mol. The molecule has 3 heterocycles. The number of esters is 1. The summed E-state index contributed by atoms with van der Waals surface area (Å²) in [5.74, 6) is -0.768. The molecule has 3 saturated heterocycles. The van der Waals surface area contributed by atoms with Crippen molar-refractivity contribution in [2.75, 3.05) is 65.8 Å². The number of nitrogens with zero attached hydrogens (tertiary/aromatic N) is 4. The van der Waals surface area contributed by atoms with Crippen molar-refractivity contribution in [1.82, 2.24) is 10.0 Å². The molecule has 16 nitrogen and oxygen atoms in total. The zero-order chi connectivity index (χ0) is 27.5. The van der Waals surface area contributed by atoms with E-state index in [1.54, 1.807) is 10.0 Å². The molecule has 5 N–H and O–H groups in total. The molecule has 16 heteroatoms. The van der Waals surface area contributed by atoms with Crippen LogP contribution in [0.3, 0.4) is 0 Å². The van der Waals surface area contributed by atoms with Gasteiger partial charge in [-0.3, -0.25) is 14.8 Å². The highest BCUT2D eigenvalue weighted by molar-refractivity contribution is 5.66. The maximum atomic E-state index is 11.5. The summed E-state index contributed by atoms with van der Waals surface area (Å²) < 4.78 is 32.5. The number of aliphatic hydroxyl groups is 5. The van der Waals surface area contributed by atoms with Crippen molar-refractivity contribution in [1.29, 1.82) is 0 Å². The highest BCUT2D eigenvalue weighted by Gasteiger charge is 2.48. The van der Waals surface area contributed by atoms with Gasteiger partial charge in [-0.2, -0.15) is 10.2 Å². The fourth-order valence-corrected chi connectivity index (χ4v) is 3.96. The van der Waals surface area contributed by atoms with E-state index >= 15 is 0 Å². The van der Waals surface area contributed by atoms with Crippen molar-refractivity contribution in [3.63, 3.8) is 0 Å². The van der Waals surface area contributed by atoms with Crippen molar-refractivity contribution < 1.29 is 58.7 Å². The van der Waals surface area contributed by atoms with Gasteiger partial charge in [0.05, 0.1) is 78.2 Å². The lowest BCUT2D eigenvalue weighted by atomic mass is 9.99. The smallest absolute Gasteiger partial charge is 0.303 e. The molecule has 218 valence electrons. The number of carbonyl (C=O) groups excluding carboxylic acids is 1. The van der Waals surface area contributed by atoms with Crippen LogP contribution in [0.25, 0.3) is 0 Å². The second-order valence-electron chi connectivity index (χ2n) is 8.79. The van der Waals surface area contributed by atoms with Crippen LogP contribution in [-0.4, -0.2) is 169 Å². The van der Waals surface area contributed by atoms with Crippen LogP contribution in [0, 0.1) is 0 Å². The van der Waals surface area contributed by atoms with Gasteiger partial charge in [0.1, 0.15) is 30.5 Å². The van der Waals surface area contributed by atoms with Crippen LogP contribution in [0.15, 0.2) is 10.2 Å². The minimum absolute atomic E-state index is 0.462. The first-order valence-corrected chi connectivity index (χ1v) is 12.5. The standard InChI is InChI=1S/C22H38N4O12/c1-14(29)35-21-19(31)17(13-28)38-22(20(21)32)37-15(10-23-25-2-6-33-7-3-25)16(12-27)36-18(30)11-24-26-4-8-34-9-5-26/h10-11,15-22,27-28,30-32H,2-9,12-13H2,1H3/b23-10-,24-11+/t15-,16+,17-,18-,19-,20+,21+,22-/m0/s1. The SMILES string of the molecule is CC(=O)O[C@@H]1[C@@H](O)[C@H](CO)O[C@H](O[C@@H](/C=N\N2CCOCC2)[C@@H](CO)O[C@H](O)/C=N/N2CCOCC2)[C@@H]1O. The molecule has 3 aliphatic heterocycles. The molecule has 0 spiro atoms. The van der Waals surface area contributed by atoms with Gasteiger partial charge < -0.3 is 54.0 Å². The van der Waals surface area contributed by atoms with Crippen molar-refractivity contribution in [2.24, 2.45) is 10.2 Å². The normalized spacial score (nSPS) is 31.5. The highest BCUT2D eigenvalue weighted by atomic mass is 16.7. The second kappa shape index (κ2) is 15.6. The predicted molar refractivity (Wildman–Crippen MR) is 128 cm³/mol. The highest BCUT2D eigenvalue weighted by Crippen LogP contribution is 2.26. The molecule has 0 bridgehead atoms. The predicted octanol–water partition coefficient (Wildman–Crippen LogP) is -3.93. The molecule has 0 aliphatic carbocycles. The van der Waals surface area contributed by atoms with E-state index in [2.05, 4.69) is 10.2 Å². The number of hydrazone groups is 2. The third-order valence-corrected chi connectivity index (χ3v) is 5.99. The van der Waals surface area contributed by atoms with E-state index in [0.717, 1.165) is 13.1 Å². The number of carbonyl (C=O) groups is 1. The topological polar surface area (TPSA) is 205 Å². The summed E-state index contributed by atoms with van der Waals surface area (Å²) >= 11 is 0. The van der Waals surface area contributed by atoms with E-state index in [1.807, 2.05) is 0 Å². The minimum Gasteiger partial charge on any atom is -0.457 e. The second-order valence-corrected chi connectivity index (χ2v) is 8.79. The number of morpholine rings is 2. The lowest BCUT2D eigenvalue weighted by Gasteiger charge is -2.42. The Balaban J connectivity index is 1.75. The van der Waals surface area contributed by atoms with Gasteiger partial charge in [0.2, 0.25) is 0 Å². The molecule has 0 radical (unpaired) electrons. The van der Waals surface area contributed by atoms with Gasteiger partial charge in [-0.1, -0.05) is 0 Å². The summed E-state index contributed by atoms with van der Waals surface area (Å²) in [6, 6.07) is 0. The summed E-state index contributed by atoms with van der Waals surface area (Å²) in [5.41, 5.74) is 0. The van der Waals surface area contributed by atoms with E-state index in [9.17, 15) is 30.3 Å². The summed E-state index contributed by atoms with van der Waals surface area (Å²) in [5, 5.41) is 63.1. The largest absolute Gasteiger partial charge is 0.457 e. The Morgan fingerprint density at radius 3 is 2.11 bits per heavy atom. The number of hydrogen-bond acceptors (Lipinski definition) is 16. The van der Waals surface area contributed by atoms with Gasteiger partial charge in [-0.05, 0) is 0 Å². The molecule has 3 fully saturated rings. The van der Waals surface area contributed by atoms with Gasteiger partial charge in [0.25, 0.3) is 0 Å². The Bertz CT molecular complexity index is 765. The molecular formula is C22H38N4O12. The molecular weight excluding hydrogens is 512 g/mol.